The van der Waals surface area contributed by atoms with Gasteiger partial charge in [-0.1, -0.05) is 13.3 Å². The van der Waals surface area contributed by atoms with Crippen LogP contribution in [0.5, 0.6) is 0 Å². The Kier molecular flexibility index (Phi) is 6.11. The fraction of sp³-hybridized carbons (Fsp3) is 0.636. The van der Waals surface area contributed by atoms with Crippen molar-refractivity contribution in [2.75, 3.05) is 13.7 Å². The predicted molar refractivity (Wildman–Crippen MR) is 70.8 cm³/mol. The Morgan fingerprint density at radius 2 is 2.30 bits per heavy atom. The minimum Gasteiger partial charge on any atom is -0.480 e. The molecular weight excluding hydrogens is 286 g/mol. The van der Waals surface area contributed by atoms with Crippen molar-refractivity contribution in [3.63, 3.8) is 0 Å². The second kappa shape index (κ2) is 7.36. The topological polar surface area (TPSA) is 111 Å². The van der Waals surface area contributed by atoms with Crippen LogP contribution >= 0.6 is 0 Å². The van der Waals surface area contributed by atoms with Crippen LogP contribution in [-0.4, -0.2) is 49.0 Å². The van der Waals surface area contributed by atoms with Crippen LogP contribution in [0, 0.1) is 0 Å². The number of carboxylic acids is 1. The summed E-state index contributed by atoms with van der Waals surface area (Å²) in [5, 5.41) is 12.3. The molecule has 1 rings (SSSR count). The van der Waals surface area contributed by atoms with Gasteiger partial charge in [-0.15, -0.1) is 0 Å². The van der Waals surface area contributed by atoms with Gasteiger partial charge >= 0.3 is 5.97 Å². The smallest absolute Gasteiger partial charge is 0.325 e. The molecular formula is C11H19N3O5S. The van der Waals surface area contributed by atoms with Gasteiger partial charge in [-0.25, -0.2) is 13.1 Å². The third-order valence-electron chi connectivity index (χ3n) is 2.54. The van der Waals surface area contributed by atoms with Gasteiger partial charge in [-0.3, -0.25) is 9.48 Å². The van der Waals surface area contributed by atoms with Crippen molar-refractivity contribution in [3.8, 4) is 0 Å². The number of rotatable bonds is 9. The van der Waals surface area contributed by atoms with Crippen molar-refractivity contribution >= 4 is 16.0 Å². The van der Waals surface area contributed by atoms with Gasteiger partial charge in [-0.05, 0) is 6.42 Å². The fourth-order valence-corrected chi connectivity index (χ4v) is 2.93. The Morgan fingerprint density at radius 3 is 2.85 bits per heavy atom. The first-order valence-electron chi connectivity index (χ1n) is 6.14. The maximum absolute atomic E-state index is 12.1. The van der Waals surface area contributed by atoms with Crippen molar-refractivity contribution in [2.24, 2.45) is 0 Å². The largest absolute Gasteiger partial charge is 0.480 e. The average Bonchev–Trinajstić information content (AvgIpc) is 2.77. The summed E-state index contributed by atoms with van der Waals surface area (Å²) in [5.74, 6) is -1.09. The molecule has 0 amide bonds. The third kappa shape index (κ3) is 4.91. The van der Waals surface area contributed by atoms with Crippen LogP contribution in [0.25, 0.3) is 0 Å². The van der Waals surface area contributed by atoms with Gasteiger partial charge < -0.3 is 9.84 Å². The zero-order valence-electron chi connectivity index (χ0n) is 11.4. The summed E-state index contributed by atoms with van der Waals surface area (Å²) in [6, 6.07) is -0.321. The number of hydrogen-bond acceptors (Lipinski definition) is 5. The number of nitrogens with zero attached hydrogens (tertiary/aromatic N) is 2. The summed E-state index contributed by atoms with van der Waals surface area (Å²) in [4.78, 5) is 10.5. The first kappa shape index (κ1) is 16.6. The highest BCUT2D eigenvalue weighted by molar-refractivity contribution is 7.89. The van der Waals surface area contributed by atoms with Crippen LogP contribution in [0.2, 0.25) is 0 Å². The maximum Gasteiger partial charge on any atom is 0.325 e. The highest BCUT2D eigenvalue weighted by Crippen LogP contribution is 2.09. The summed E-state index contributed by atoms with van der Waals surface area (Å²) in [7, 11) is -2.22. The normalized spacial score (nSPS) is 13.3. The summed E-state index contributed by atoms with van der Waals surface area (Å²) in [6.45, 7) is 1.84. The monoisotopic (exact) mass is 305 g/mol. The van der Waals surface area contributed by atoms with Crippen molar-refractivity contribution in [3.05, 3.63) is 12.4 Å². The quantitative estimate of drug-likeness (QED) is 0.667. The van der Waals surface area contributed by atoms with Crippen molar-refractivity contribution in [2.45, 2.75) is 37.2 Å². The zero-order chi connectivity index (χ0) is 15.2. The molecule has 114 valence electrons. The van der Waals surface area contributed by atoms with E-state index in [0.29, 0.717) is 6.42 Å². The van der Waals surface area contributed by atoms with E-state index in [-0.39, 0.29) is 24.1 Å². The number of aromatic nitrogens is 2. The van der Waals surface area contributed by atoms with Crippen LogP contribution in [0.15, 0.2) is 17.3 Å². The molecule has 8 nitrogen and oxygen atoms in total. The number of methoxy groups -OCH3 is 1. The molecule has 0 radical (unpaired) electrons. The van der Waals surface area contributed by atoms with E-state index < -0.39 is 16.0 Å². The van der Waals surface area contributed by atoms with E-state index in [1.54, 1.807) is 0 Å². The minimum atomic E-state index is -3.73. The molecule has 0 aromatic carbocycles. The van der Waals surface area contributed by atoms with Crippen molar-refractivity contribution in [1.82, 2.24) is 14.5 Å². The van der Waals surface area contributed by atoms with Crippen LogP contribution in [0.1, 0.15) is 19.8 Å². The van der Waals surface area contributed by atoms with Gasteiger partial charge in [0.25, 0.3) is 0 Å². The molecule has 0 aliphatic carbocycles. The summed E-state index contributed by atoms with van der Waals surface area (Å²) in [5.41, 5.74) is 0. The molecule has 20 heavy (non-hydrogen) atoms. The fourth-order valence-electron chi connectivity index (χ4n) is 1.72. The second-order valence-electron chi connectivity index (χ2n) is 4.33. The standard InChI is InChI=1S/C11H19N3O5S/c1-3-4-9(8-19-2)13-20(17,18)10-5-12-14(6-10)7-11(15)16/h5-6,9,13H,3-4,7-8H2,1-2H3,(H,15,16). The van der Waals surface area contributed by atoms with E-state index in [4.69, 9.17) is 9.84 Å². The molecule has 0 fully saturated rings. The van der Waals surface area contributed by atoms with E-state index in [1.165, 1.54) is 13.3 Å². The lowest BCUT2D eigenvalue weighted by molar-refractivity contribution is -0.137. The van der Waals surface area contributed by atoms with Gasteiger partial charge in [0, 0.05) is 19.3 Å². The van der Waals surface area contributed by atoms with Crippen molar-refractivity contribution < 1.29 is 23.1 Å². The molecule has 1 aromatic rings. The lowest BCUT2D eigenvalue weighted by atomic mass is 10.2. The lowest BCUT2D eigenvalue weighted by Gasteiger charge is -2.16. The number of carboxylic acid groups (broad SMARTS) is 1. The average molecular weight is 305 g/mol. The Labute approximate surface area is 117 Å². The first-order chi connectivity index (χ1) is 9.39. The number of ether oxygens (including phenoxy) is 1. The molecule has 0 aliphatic rings. The number of sulfonamides is 1. The number of hydrogen-bond donors (Lipinski definition) is 2. The SMILES string of the molecule is CCCC(COC)NS(=O)(=O)c1cnn(CC(=O)O)c1. The molecule has 0 saturated carbocycles. The lowest BCUT2D eigenvalue weighted by Crippen LogP contribution is -2.37. The molecule has 0 spiro atoms. The zero-order valence-corrected chi connectivity index (χ0v) is 12.3. The van der Waals surface area contributed by atoms with Crippen LogP contribution in [-0.2, 0) is 26.1 Å². The summed E-state index contributed by atoms with van der Waals surface area (Å²) >= 11 is 0. The molecule has 1 atom stereocenters. The van der Waals surface area contributed by atoms with Crippen LogP contribution in [0.3, 0.4) is 0 Å². The Hall–Kier alpha value is -1.45. The van der Waals surface area contributed by atoms with E-state index >= 15 is 0 Å². The maximum atomic E-state index is 12.1. The van der Waals surface area contributed by atoms with Gasteiger partial charge in [0.1, 0.15) is 11.4 Å². The molecule has 2 N–H and O–H groups in total. The first-order valence-corrected chi connectivity index (χ1v) is 7.63. The molecule has 0 bridgehead atoms. The predicted octanol–water partition coefficient (Wildman–Crippen LogP) is 0.0611. The van der Waals surface area contributed by atoms with Crippen molar-refractivity contribution in [1.29, 1.82) is 0 Å². The number of nitrogens with one attached hydrogen (secondary N) is 1. The minimum absolute atomic E-state index is 0.0593. The Morgan fingerprint density at radius 1 is 1.60 bits per heavy atom. The highest BCUT2D eigenvalue weighted by atomic mass is 32.2. The van der Waals surface area contributed by atoms with E-state index in [1.807, 2.05) is 6.92 Å². The van der Waals surface area contributed by atoms with Crippen LogP contribution in [0.4, 0.5) is 0 Å². The van der Waals surface area contributed by atoms with Gasteiger partial charge in [0.05, 0.1) is 12.8 Å². The molecule has 9 heteroatoms. The van der Waals surface area contributed by atoms with Gasteiger partial charge in [0.2, 0.25) is 10.0 Å². The number of aliphatic carboxylic acids is 1. The highest BCUT2D eigenvalue weighted by Gasteiger charge is 2.21. The molecule has 1 heterocycles. The summed E-state index contributed by atoms with van der Waals surface area (Å²) in [6.07, 6.45) is 3.78. The second-order valence-corrected chi connectivity index (χ2v) is 6.04. The summed E-state index contributed by atoms with van der Waals surface area (Å²) < 4.78 is 32.8. The molecule has 0 aliphatic heterocycles. The number of carbonyl (C=O) groups is 1. The van der Waals surface area contributed by atoms with E-state index in [9.17, 15) is 13.2 Å². The molecule has 1 aromatic heterocycles. The van der Waals surface area contributed by atoms with E-state index in [2.05, 4.69) is 9.82 Å². The molecule has 1 unspecified atom stereocenters. The van der Waals surface area contributed by atoms with Crippen LogP contribution < -0.4 is 4.72 Å². The third-order valence-corrected chi connectivity index (χ3v) is 4.02. The molecule has 0 saturated heterocycles. The van der Waals surface area contributed by atoms with Gasteiger partial charge in [-0.2, -0.15) is 5.10 Å². The van der Waals surface area contributed by atoms with E-state index in [0.717, 1.165) is 17.3 Å². The Balaban J connectivity index is 2.81. The Bertz CT molecular complexity index is 534. The van der Waals surface area contributed by atoms with Gasteiger partial charge in [0.15, 0.2) is 0 Å².